The molecule has 0 radical (unpaired) electrons. The summed E-state index contributed by atoms with van der Waals surface area (Å²) in [5.41, 5.74) is 2.61. The van der Waals surface area contributed by atoms with Gasteiger partial charge in [-0.2, -0.15) is 0 Å². The molecule has 4 aromatic rings. The van der Waals surface area contributed by atoms with Crippen molar-refractivity contribution >= 4 is 0 Å². The molecule has 0 amide bonds. The molecule has 0 unspecified atom stereocenters. The van der Waals surface area contributed by atoms with Crippen molar-refractivity contribution in [1.82, 2.24) is 14.8 Å². The summed E-state index contributed by atoms with van der Waals surface area (Å²) >= 11 is 0. The highest BCUT2D eigenvalue weighted by Gasteiger charge is 2.16. The molecule has 0 aliphatic heterocycles. The molecule has 6 heteroatoms. The van der Waals surface area contributed by atoms with Crippen LogP contribution in [-0.2, 0) is 7.05 Å². The predicted molar refractivity (Wildman–Crippen MR) is 81.8 cm³/mol. The molecule has 5 nitrogen and oxygen atoms in total. The van der Waals surface area contributed by atoms with E-state index in [0.29, 0.717) is 17.5 Å². The second-order valence-electron chi connectivity index (χ2n) is 5.06. The van der Waals surface area contributed by atoms with Crippen LogP contribution in [0.3, 0.4) is 0 Å². The van der Waals surface area contributed by atoms with Gasteiger partial charge in [0.2, 0.25) is 0 Å². The van der Waals surface area contributed by atoms with E-state index in [1.165, 1.54) is 12.1 Å². The molecule has 0 N–H and O–H groups in total. The quantitative estimate of drug-likeness (QED) is 0.570. The van der Waals surface area contributed by atoms with E-state index < -0.39 is 0 Å². The molecule has 0 aliphatic carbocycles. The maximum atomic E-state index is 13.1. The van der Waals surface area contributed by atoms with Gasteiger partial charge in [0.25, 0.3) is 11.8 Å². The number of benzene rings is 1. The Bertz CT molecular complexity index is 937. The van der Waals surface area contributed by atoms with E-state index in [1.54, 1.807) is 30.5 Å². The summed E-state index contributed by atoms with van der Waals surface area (Å²) in [5.74, 6) is 0.988. The van der Waals surface area contributed by atoms with E-state index in [9.17, 15) is 4.39 Å². The number of rotatable bonds is 3. The van der Waals surface area contributed by atoms with Gasteiger partial charge in [-0.25, -0.2) is 4.39 Å². The first-order valence-electron chi connectivity index (χ1n) is 7.02. The molecular formula is C17H12FN3O2. The van der Waals surface area contributed by atoms with E-state index in [0.717, 1.165) is 17.0 Å². The van der Waals surface area contributed by atoms with Gasteiger partial charge in [-0.3, -0.25) is 0 Å². The minimum absolute atomic E-state index is 0.261. The van der Waals surface area contributed by atoms with Crippen LogP contribution in [-0.4, -0.2) is 14.8 Å². The molecule has 0 fully saturated rings. The van der Waals surface area contributed by atoms with Gasteiger partial charge in [0.15, 0.2) is 5.76 Å². The van der Waals surface area contributed by atoms with Crippen molar-refractivity contribution in [2.45, 2.75) is 0 Å². The van der Waals surface area contributed by atoms with Crippen molar-refractivity contribution in [3.8, 4) is 34.5 Å². The number of aromatic nitrogens is 3. The van der Waals surface area contributed by atoms with E-state index in [4.69, 9.17) is 8.83 Å². The van der Waals surface area contributed by atoms with Crippen molar-refractivity contribution in [3.63, 3.8) is 0 Å². The van der Waals surface area contributed by atoms with Crippen LogP contribution >= 0.6 is 0 Å². The smallest absolute Gasteiger partial charge is 0.283 e. The van der Waals surface area contributed by atoms with Gasteiger partial charge in [-0.15, -0.1) is 10.2 Å². The molecule has 0 bridgehead atoms. The van der Waals surface area contributed by atoms with Gasteiger partial charge in [0, 0.05) is 12.7 Å². The predicted octanol–water partition coefficient (Wildman–Crippen LogP) is 4.14. The highest BCUT2D eigenvalue weighted by Crippen LogP contribution is 2.29. The highest BCUT2D eigenvalue weighted by atomic mass is 19.1. The van der Waals surface area contributed by atoms with Gasteiger partial charge in [0.1, 0.15) is 11.5 Å². The summed E-state index contributed by atoms with van der Waals surface area (Å²) in [5, 5.41) is 8.06. The van der Waals surface area contributed by atoms with Gasteiger partial charge in [0.05, 0.1) is 6.26 Å². The lowest BCUT2D eigenvalue weighted by molar-refractivity contribution is 0.521. The van der Waals surface area contributed by atoms with Crippen LogP contribution < -0.4 is 0 Å². The van der Waals surface area contributed by atoms with Crippen LogP contribution in [0.1, 0.15) is 0 Å². The summed E-state index contributed by atoms with van der Waals surface area (Å²) in [6.45, 7) is 0. The number of hydrogen-bond acceptors (Lipinski definition) is 4. The Hall–Kier alpha value is -3.15. The first-order valence-corrected chi connectivity index (χ1v) is 7.02. The lowest BCUT2D eigenvalue weighted by atomic mass is 10.1. The average molecular weight is 309 g/mol. The lowest BCUT2D eigenvalue weighted by Gasteiger charge is -2.05. The topological polar surface area (TPSA) is 57.0 Å². The normalized spacial score (nSPS) is 11.0. The van der Waals surface area contributed by atoms with Gasteiger partial charge >= 0.3 is 0 Å². The zero-order valence-electron chi connectivity index (χ0n) is 12.2. The summed E-state index contributed by atoms with van der Waals surface area (Å²) in [6, 6.07) is 13.7. The lowest BCUT2D eigenvalue weighted by Crippen LogP contribution is -1.94. The van der Waals surface area contributed by atoms with Gasteiger partial charge in [-0.05, 0) is 54.1 Å². The fourth-order valence-electron chi connectivity index (χ4n) is 2.46. The molecule has 0 atom stereocenters. The Balaban J connectivity index is 1.72. The SMILES string of the molecule is Cn1c(-c2ccc(F)cc2)ccc1-c1nnc(-c2ccco2)o1. The number of hydrogen-bond donors (Lipinski definition) is 0. The molecule has 4 rings (SSSR count). The first-order chi connectivity index (χ1) is 11.2. The first kappa shape index (κ1) is 13.5. The zero-order valence-corrected chi connectivity index (χ0v) is 12.2. The Morgan fingerprint density at radius 1 is 0.913 bits per heavy atom. The van der Waals surface area contributed by atoms with Crippen LogP contribution in [0, 0.1) is 5.82 Å². The highest BCUT2D eigenvalue weighted by molar-refractivity contribution is 5.66. The number of halogens is 1. The van der Waals surface area contributed by atoms with Crippen molar-refractivity contribution in [2.75, 3.05) is 0 Å². The summed E-state index contributed by atoms with van der Waals surface area (Å²) in [4.78, 5) is 0. The maximum Gasteiger partial charge on any atom is 0.283 e. The van der Waals surface area contributed by atoms with Crippen LogP contribution in [0.4, 0.5) is 4.39 Å². The van der Waals surface area contributed by atoms with Crippen molar-refractivity contribution < 1.29 is 13.2 Å². The Kier molecular flexibility index (Phi) is 3.08. The molecule has 0 aliphatic rings. The molecule has 3 aromatic heterocycles. The summed E-state index contributed by atoms with van der Waals surface area (Å²) in [7, 11) is 1.89. The van der Waals surface area contributed by atoms with E-state index >= 15 is 0 Å². The third kappa shape index (κ3) is 2.34. The molecule has 114 valence electrons. The van der Waals surface area contributed by atoms with Crippen LogP contribution in [0.2, 0.25) is 0 Å². The average Bonchev–Trinajstić information content (AvgIpc) is 3.27. The molecule has 0 spiro atoms. The third-order valence-corrected chi connectivity index (χ3v) is 3.64. The van der Waals surface area contributed by atoms with E-state index in [-0.39, 0.29) is 5.82 Å². The van der Waals surface area contributed by atoms with E-state index in [2.05, 4.69) is 10.2 Å². The van der Waals surface area contributed by atoms with E-state index in [1.807, 2.05) is 23.7 Å². The van der Waals surface area contributed by atoms with Crippen molar-refractivity contribution in [2.24, 2.45) is 7.05 Å². The number of furan rings is 1. The summed E-state index contributed by atoms with van der Waals surface area (Å²) in [6.07, 6.45) is 1.55. The fourth-order valence-corrected chi connectivity index (χ4v) is 2.46. The minimum Gasteiger partial charge on any atom is -0.459 e. The molecule has 0 saturated carbocycles. The Labute approximate surface area is 131 Å². The van der Waals surface area contributed by atoms with Crippen LogP contribution in [0.25, 0.3) is 34.5 Å². The van der Waals surface area contributed by atoms with Gasteiger partial charge in [-0.1, -0.05) is 0 Å². The van der Waals surface area contributed by atoms with Gasteiger partial charge < -0.3 is 13.4 Å². The summed E-state index contributed by atoms with van der Waals surface area (Å²) < 4.78 is 25.9. The third-order valence-electron chi connectivity index (χ3n) is 3.64. The van der Waals surface area contributed by atoms with Crippen LogP contribution in [0.15, 0.2) is 63.6 Å². The van der Waals surface area contributed by atoms with Crippen LogP contribution in [0.5, 0.6) is 0 Å². The zero-order chi connectivity index (χ0) is 15.8. The standard InChI is InChI=1S/C17H12FN3O2/c1-21-13(11-4-6-12(18)7-5-11)8-9-14(21)16-19-20-17(23-16)15-3-2-10-22-15/h2-10H,1H3. The maximum absolute atomic E-state index is 13.1. The molecule has 1 aromatic carbocycles. The monoisotopic (exact) mass is 309 g/mol. The number of nitrogens with zero attached hydrogens (tertiary/aromatic N) is 3. The fraction of sp³-hybridized carbons (Fsp3) is 0.0588. The Morgan fingerprint density at radius 2 is 1.65 bits per heavy atom. The van der Waals surface area contributed by atoms with Crippen molar-refractivity contribution in [3.05, 3.63) is 60.6 Å². The largest absolute Gasteiger partial charge is 0.459 e. The second-order valence-corrected chi connectivity index (χ2v) is 5.06. The molecule has 3 heterocycles. The molecular weight excluding hydrogens is 297 g/mol. The second kappa shape index (κ2) is 5.24. The van der Waals surface area contributed by atoms with Crippen molar-refractivity contribution in [1.29, 1.82) is 0 Å². The molecule has 23 heavy (non-hydrogen) atoms. The molecule has 0 saturated heterocycles. The Morgan fingerprint density at radius 3 is 2.39 bits per heavy atom. The minimum atomic E-state index is -0.261.